The molecule has 0 aliphatic carbocycles. The zero-order chi connectivity index (χ0) is 20.7. The first-order chi connectivity index (χ1) is 13.8. The summed E-state index contributed by atoms with van der Waals surface area (Å²) in [5, 5.41) is 8.69. The zero-order valence-corrected chi connectivity index (χ0v) is 17.8. The van der Waals surface area contributed by atoms with E-state index in [4.69, 9.17) is 9.62 Å². The van der Waals surface area contributed by atoms with Crippen LogP contribution in [0.2, 0.25) is 0 Å². The van der Waals surface area contributed by atoms with Crippen molar-refractivity contribution in [3.05, 3.63) is 46.2 Å². The summed E-state index contributed by atoms with van der Waals surface area (Å²) in [4.78, 5) is 22.0. The van der Waals surface area contributed by atoms with Crippen molar-refractivity contribution in [2.45, 2.75) is 52.6 Å². The predicted octanol–water partition coefficient (Wildman–Crippen LogP) is 2.61. The van der Waals surface area contributed by atoms with E-state index < -0.39 is 0 Å². The maximum absolute atomic E-state index is 13.3. The number of carbonyl (C=O) groups is 1. The van der Waals surface area contributed by atoms with Crippen molar-refractivity contribution in [2.24, 2.45) is 0 Å². The number of aryl methyl sites for hydroxylation is 3. The van der Waals surface area contributed by atoms with Gasteiger partial charge in [0.1, 0.15) is 5.76 Å². The fraction of sp³-hybridized carbons (Fsp3) is 0.524. The minimum absolute atomic E-state index is 0.0114. The van der Waals surface area contributed by atoms with Gasteiger partial charge in [0.25, 0.3) is 0 Å². The normalized spacial score (nSPS) is 17.0. The SMILES string of the molecule is Cc1cc2ncc(CN(C)C)c(C3CCCN3C(=O)Cc3c(C)noc3C)n2n1. The molecule has 4 heterocycles. The smallest absolute Gasteiger partial charge is 0.227 e. The highest BCUT2D eigenvalue weighted by Crippen LogP contribution is 2.35. The minimum Gasteiger partial charge on any atom is -0.361 e. The van der Waals surface area contributed by atoms with Gasteiger partial charge in [0.15, 0.2) is 5.65 Å². The van der Waals surface area contributed by atoms with Gasteiger partial charge in [-0.05, 0) is 47.7 Å². The summed E-state index contributed by atoms with van der Waals surface area (Å²) >= 11 is 0. The van der Waals surface area contributed by atoms with E-state index in [2.05, 4.69) is 15.0 Å². The molecule has 1 saturated heterocycles. The molecule has 1 aliphatic heterocycles. The lowest BCUT2D eigenvalue weighted by molar-refractivity contribution is -0.131. The molecule has 8 nitrogen and oxygen atoms in total. The highest BCUT2D eigenvalue weighted by molar-refractivity contribution is 5.80. The Morgan fingerprint density at radius 1 is 1.31 bits per heavy atom. The summed E-state index contributed by atoms with van der Waals surface area (Å²) in [7, 11) is 4.08. The van der Waals surface area contributed by atoms with Crippen molar-refractivity contribution < 1.29 is 9.32 Å². The zero-order valence-electron chi connectivity index (χ0n) is 17.8. The van der Waals surface area contributed by atoms with E-state index in [0.29, 0.717) is 12.2 Å². The third kappa shape index (κ3) is 3.64. The quantitative estimate of drug-likeness (QED) is 0.660. The Balaban J connectivity index is 1.72. The van der Waals surface area contributed by atoms with Crippen molar-refractivity contribution >= 4 is 11.6 Å². The molecule has 8 heteroatoms. The van der Waals surface area contributed by atoms with Crippen LogP contribution in [0, 0.1) is 20.8 Å². The van der Waals surface area contributed by atoms with Crippen molar-refractivity contribution in [3.8, 4) is 0 Å². The predicted molar refractivity (Wildman–Crippen MR) is 108 cm³/mol. The van der Waals surface area contributed by atoms with E-state index in [1.807, 2.05) is 56.5 Å². The summed E-state index contributed by atoms with van der Waals surface area (Å²) in [6, 6.07) is 1.97. The number of amides is 1. The molecule has 154 valence electrons. The Morgan fingerprint density at radius 3 is 2.79 bits per heavy atom. The number of fused-ring (bicyclic) bond motifs is 1. The molecule has 0 aromatic carbocycles. The first-order valence-electron chi connectivity index (χ1n) is 10.0. The number of likely N-dealkylation sites (tertiary alicyclic amines) is 1. The summed E-state index contributed by atoms with van der Waals surface area (Å²) in [5.74, 6) is 0.820. The molecule has 0 saturated carbocycles. The molecule has 0 N–H and O–H groups in total. The minimum atomic E-state index is -0.0114. The van der Waals surface area contributed by atoms with Crippen LogP contribution in [0.4, 0.5) is 0 Å². The molecular weight excluding hydrogens is 368 g/mol. The van der Waals surface area contributed by atoms with Gasteiger partial charge in [0.05, 0.1) is 29.5 Å². The first kappa shape index (κ1) is 19.6. The summed E-state index contributed by atoms with van der Waals surface area (Å²) < 4.78 is 7.18. The second-order valence-corrected chi connectivity index (χ2v) is 8.19. The Morgan fingerprint density at radius 2 is 2.10 bits per heavy atom. The molecule has 3 aromatic heterocycles. The molecular formula is C21H28N6O2. The van der Waals surface area contributed by atoms with Gasteiger partial charge in [-0.2, -0.15) is 5.10 Å². The molecule has 1 unspecified atom stereocenters. The van der Waals surface area contributed by atoms with Crippen LogP contribution in [-0.2, 0) is 17.8 Å². The van der Waals surface area contributed by atoms with Crippen LogP contribution in [0.3, 0.4) is 0 Å². The van der Waals surface area contributed by atoms with E-state index in [1.54, 1.807) is 0 Å². The van der Waals surface area contributed by atoms with Gasteiger partial charge in [0.2, 0.25) is 5.91 Å². The van der Waals surface area contributed by atoms with E-state index >= 15 is 0 Å². The average Bonchev–Trinajstić information content (AvgIpc) is 3.35. The molecule has 0 bridgehead atoms. The van der Waals surface area contributed by atoms with Crippen LogP contribution in [0.1, 0.15) is 52.9 Å². The van der Waals surface area contributed by atoms with E-state index in [9.17, 15) is 4.79 Å². The third-order valence-electron chi connectivity index (χ3n) is 5.61. The molecule has 1 amide bonds. The monoisotopic (exact) mass is 396 g/mol. The number of aromatic nitrogens is 4. The number of rotatable bonds is 5. The fourth-order valence-corrected chi connectivity index (χ4v) is 4.28. The number of nitrogens with zero attached hydrogens (tertiary/aromatic N) is 6. The highest BCUT2D eigenvalue weighted by atomic mass is 16.5. The van der Waals surface area contributed by atoms with Crippen molar-refractivity contribution in [3.63, 3.8) is 0 Å². The van der Waals surface area contributed by atoms with E-state index in [1.165, 1.54) is 0 Å². The molecule has 0 spiro atoms. The largest absolute Gasteiger partial charge is 0.361 e. The third-order valence-corrected chi connectivity index (χ3v) is 5.61. The molecule has 4 rings (SSSR count). The fourth-order valence-electron chi connectivity index (χ4n) is 4.28. The number of hydrogen-bond donors (Lipinski definition) is 0. The summed E-state index contributed by atoms with van der Waals surface area (Å²) in [6.07, 6.45) is 4.14. The van der Waals surface area contributed by atoms with Gasteiger partial charge in [-0.3, -0.25) is 4.79 Å². The molecule has 1 atom stereocenters. The van der Waals surface area contributed by atoms with Crippen LogP contribution in [0.5, 0.6) is 0 Å². The first-order valence-corrected chi connectivity index (χ1v) is 10.0. The van der Waals surface area contributed by atoms with Crippen LogP contribution in [-0.4, -0.2) is 56.1 Å². The highest BCUT2D eigenvalue weighted by Gasteiger charge is 2.34. The molecule has 29 heavy (non-hydrogen) atoms. The molecule has 1 aliphatic rings. The van der Waals surface area contributed by atoms with E-state index in [-0.39, 0.29) is 11.9 Å². The maximum Gasteiger partial charge on any atom is 0.227 e. The Labute approximate surface area is 170 Å². The van der Waals surface area contributed by atoms with Gasteiger partial charge in [0, 0.05) is 36.5 Å². The standard InChI is InChI=1S/C21H28N6O2/c1-13-9-19-22-11-16(12-25(4)5)21(27(19)23-13)18-7-6-8-26(18)20(28)10-17-14(2)24-29-15(17)3/h9,11,18H,6-8,10,12H2,1-5H3. The number of hydrogen-bond acceptors (Lipinski definition) is 6. The second kappa shape index (κ2) is 7.59. The maximum atomic E-state index is 13.3. The van der Waals surface area contributed by atoms with Crippen LogP contribution >= 0.6 is 0 Å². The molecule has 0 radical (unpaired) electrons. The van der Waals surface area contributed by atoms with Gasteiger partial charge in [-0.1, -0.05) is 5.16 Å². The lowest BCUT2D eigenvalue weighted by Gasteiger charge is -2.27. The van der Waals surface area contributed by atoms with Crippen LogP contribution < -0.4 is 0 Å². The number of carbonyl (C=O) groups excluding carboxylic acids is 1. The molecule has 3 aromatic rings. The van der Waals surface area contributed by atoms with Crippen molar-refractivity contribution in [1.82, 2.24) is 29.6 Å². The van der Waals surface area contributed by atoms with Gasteiger partial charge in [-0.15, -0.1) is 0 Å². The lowest BCUT2D eigenvalue weighted by atomic mass is 10.0. The Hall–Kier alpha value is -2.74. The Kier molecular flexibility index (Phi) is 5.12. The van der Waals surface area contributed by atoms with Crippen LogP contribution in [0.15, 0.2) is 16.8 Å². The van der Waals surface area contributed by atoms with Gasteiger partial charge >= 0.3 is 0 Å². The van der Waals surface area contributed by atoms with Gasteiger partial charge in [-0.25, -0.2) is 9.50 Å². The summed E-state index contributed by atoms with van der Waals surface area (Å²) in [5.41, 5.74) is 5.60. The van der Waals surface area contributed by atoms with Crippen LogP contribution in [0.25, 0.3) is 5.65 Å². The van der Waals surface area contributed by atoms with Crippen molar-refractivity contribution in [2.75, 3.05) is 20.6 Å². The lowest BCUT2D eigenvalue weighted by Crippen LogP contribution is -2.34. The van der Waals surface area contributed by atoms with Gasteiger partial charge < -0.3 is 14.3 Å². The van der Waals surface area contributed by atoms with Crippen molar-refractivity contribution in [1.29, 1.82) is 0 Å². The Bertz CT molecular complexity index is 1030. The van der Waals surface area contributed by atoms with E-state index in [0.717, 1.165) is 59.8 Å². The topological polar surface area (TPSA) is 79.8 Å². The molecule has 1 fully saturated rings. The summed E-state index contributed by atoms with van der Waals surface area (Å²) in [6.45, 7) is 7.21. The second-order valence-electron chi connectivity index (χ2n) is 8.19. The average molecular weight is 396 g/mol.